The average Bonchev–Trinajstić information content (AvgIpc) is 2.74. The molecule has 1 aromatic carbocycles. The van der Waals surface area contributed by atoms with E-state index in [1.54, 1.807) is 18.9 Å². The number of methoxy groups -OCH3 is 1. The quantitative estimate of drug-likeness (QED) is 0.836. The van der Waals surface area contributed by atoms with E-state index in [2.05, 4.69) is 0 Å². The van der Waals surface area contributed by atoms with E-state index < -0.39 is 6.10 Å². The van der Waals surface area contributed by atoms with E-state index in [0.717, 1.165) is 16.2 Å². The zero-order chi connectivity index (χ0) is 11.5. The Bertz CT molecular complexity index is 384. The van der Waals surface area contributed by atoms with Gasteiger partial charge in [0.1, 0.15) is 17.4 Å². The van der Waals surface area contributed by atoms with Crippen LogP contribution in [0.1, 0.15) is 18.1 Å². The van der Waals surface area contributed by atoms with Crippen molar-refractivity contribution in [3.05, 3.63) is 17.7 Å². The molecule has 3 N–H and O–H groups in total. The molecule has 0 saturated carbocycles. The van der Waals surface area contributed by atoms with E-state index in [4.69, 9.17) is 15.2 Å². The molecule has 1 aliphatic heterocycles. The topological polar surface area (TPSA) is 64.7 Å². The van der Waals surface area contributed by atoms with Gasteiger partial charge in [-0.25, -0.2) is 0 Å². The van der Waals surface area contributed by atoms with Gasteiger partial charge >= 0.3 is 0 Å². The van der Waals surface area contributed by atoms with Crippen molar-refractivity contribution in [2.24, 2.45) is 5.73 Å². The Hall–Kier alpha value is -0.910. The highest BCUT2D eigenvalue weighted by atomic mass is 32.2. The number of aliphatic hydroxyl groups excluding tert-OH is 1. The summed E-state index contributed by atoms with van der Waals surface area (Å²) in [5, 5.41) is 9.94. The van der Waals surface area contributed by atoms with Gasteiger partial charge in [0.2, 0.25) is 0 Å². The van der Waals surface area contributed by atoms with Crippen LogP contribution in [-0.4, -0.2) is 24.7 Å². The molecular weight excluding hydrogens is 226 g/mol. The largest absolute Gasteiger partial charge is 0.496 e. The van der Waals surface area contributed by atoms with E-state index >= 15 is 0 Å². The third kappa shape index (κ3) is 2.11. The van der Waals surface area contributed by atoms with Gasteiger partial charge in [0.05, 0.1) is 18.1 Å². The SMILES string of the molecule is COc1cc2c(cc1C(O)CCN)OCS2. The minimum Gasteiger partial charge on any atom is -0.496 e. The summed E-state index contributed by atoms with van der Waals surface area (Å²) < 4.78 is 10.7. The van der Waals surface area contributed by atoms with E-state index in [9.17, 15) is 5.11 Å². The van der Waals surface area contributed by atoms with E-state index in [0.29, 0.717) is 24.7 Å². The van der Waals surface area contributed by atoms with Crippen LogP contribution in [0.3, 0.4) is 0 Å². The number of thioether (sulfide) groups is 1. The van der Waals surface area contributed by atoms with Gasteiger partial charge in [-0.3, -0.25) is 0 Å². The first-order chi connectivity index (χ1) is 7.76. The van der Waals surface area contributed by atoms with Crippen molar-refractivity contribution in [2.45, 2.75) is 17.4 Å². The lowest BCUT2D eigenvalue weighted by Crippen LogP contribution is -2.08. The number of hydrogen-bond acceptors (Lipinski definition) is 5. The Morgan fingerprint density at radius 2 is 2.44 bits per heavy atom. The summed E-state index contributed by atoms with van der Waals surface area (Å²) in [5.41, 5.74) is 6.18. The van der Waals surface area contributed by atoms with Crippen LogP contribution in [-0.2, 0) is 0 Å². The van der Waals surface area contributed by atoms with Crippen LogP contribution in [0.4, 0.5) is 0 Å². The smallest absolute Gasteiger partial charge is 0.138 e. The molecule has 0 bridgehead atoms. The van der Waals surface area contributed by atoms with Crippen LogP contribution in [0.25, 0.3) is 0 Å². The van der Waals surface area contributed by atoms with Gasteiger partial charge < -0.3 is 20.3 Å². The van der Waals surface area contributed by atoms with Crippen LogP contribution in [0.15, 0.2) is 17.0 Å². The van der Waals surface area contributed by atoms with Gasteiger partial charge in [-0.15, -0.1) is 0 Å². The van der Waals surface area contributed by atoms with Gasteiger partial charge in [-0.2, -0.15) is 0 Å². The molecule has 5 heteroatoms. The molecule has 1 unspecified atom stereocenters. The molecule has 0 fully saturated rings. The molecule has 88 valence electrons. The number of benzene rings is 1. The summed E-state index contributed by atoms with van der Waals surface area (Å²) in [5.74, 6) is 2.13. The van der Waals surface area contributed by atoms with Crippen LogP contribution in [0, 0.1) is 0 Å². The molecule has 0 saturated heterocycles. The molecule has 0 amide bonds. The Labute approximate surface area is 98.7 Å². The summed E-state index contributed by atoms with van der Waals surface area (Å²) in [6.45, 7) is 0.441. The van der Waals surface area contributed by atoms with Crippen molar-refractivity contribution in [1.29, 1.82) is 0 Å². The molecule has 0 aromatic heterocycles. The fraction of sp³-hybridized carbons (Fsp3) is 0.455. The Morgan fingerprint density at radius 1 is 1.62 bits per heavy atom. The van der Waals surface area contributed by atoms with E-state index in [-0.39, 0.29) is 0 Å². The zero-order valence-corrected chi connectivity index (χ0v) is 9.92. The molecule has 16 heavy (non-hydrogen) atoms. The number of nitrogens with two attached hydrogens (primary N) is 1. The molecule has 4 nitrogen and oxygen atoms in total. The van der Waals surface area contributed by atoms with Crippen LogP contribution >= 0.6 is 11.8 Å². The maximum atomic E-state index is 9.94. The second-order valence-electron chi connectivity index (χ2n) is 3.54. The number of hydrogen-bond donors (Lipinski definition) is 2. The average molecular weight is 241 g/mol. The van der Waals surface area contributed by atoms with Gasteiger partial charge in [0.15, 0.2) is 0 Å². The Kier molecular flexibility index (Phi) is 3.58. The standard InChI is InChI=1S/C11H15NO3S/c1-14-9-5-11-10(15-6-16-11)4-7(9)8(13)2-3-12/h4-5,8,13H,2-3,6,12H2,1H3. The summed E-state index contributed by atoms with van der Waals surface area (Å²) in [4.78, 5) is 1.06. The van der Waals surface area contributed by atoms with Crippen molar-refractivity contribution < 1.29 is 14.6 Å². The predicted molar refractivity (Wildman–Crippen MR) is 63.0 cm³/mol. The van der Waals surface area contributed by atoms with Gasteiger partial charge in [-0.1, -0.05) is 11.8 Å². The lowest BCUT2D eigenvalue weighted by molar-refractivity contribution is 0.165. The third-order valence-electron chi connectivity index (χ3n) is 2.52. The van der Waals surface area contributed by atoms with Crippen molar-refractivity contribution >= 4 is 11.8 Å². The lowest BCUT2D eigenvalue weighted by atomic mass is 10.0. The highest BCUT2D eigenvalue weighted by Gasteiger charge is 2.20. The molecule has 0 radical (unpaired) electrons. The van der Waals surface area contributed by atoms with Gasteiger partial charge in [0.25, 0.3) is 0 Å². The van der Waals surface area contributed by atoms with Crippen LogP contribution < -0.4 is 15.2 Å². The number of ether oxygens (including phenoxy) is 2. The number of aliphatic hydroxyl groups is 1. The first-order valence-corrected chi connectivity index (χ1v) is 6.10. The molecule has 2 rings (SSSR count). The lowest BCUT2D eigenvalue weighted by Gasteiger charge is -2.15. The van der Waals surface area contributed by atoms with Crippen LogP contribution in [0.5, 0.6) is 11.5 Å². The molecular formula is C11H15NO3S. The third-order valence-corrected chi connectivity index (χ3v) is 3.39. The normalized spacial score (nSPS) is 15.4. The second-order valence-corrected chi connectivity index (χ2v) is 4.50. The van der Waals surface area contributed by atoms with Crippen LogP contribution in [0.2, 0.25) is 0 Å². The van der Waals surface area contributed by atoms with Gasteiger partial charge in [0, 0.05) is 5.56 Å². The molecule has 0 spiro atoms. The minimum absolute atomic E-state index is 0.441. The predicted octanol–water partition coefficient (Wildman–Crippen LogP) is 1.52. The molecule has 1 aromatic rings. The van der Waals surface area contributed by atoms with Crippen molar-refractivity contribution in [1.82, 2.24) is 0 Å². The fourth-order valence-electron chi connectivity index (χ4n) is 1.69. The first kappa shape index (κ1) is 11.6. The molecule has 1 atom stereocenters. The highest BCUT2D eigenvalue weighted by molar-refractivity contribution is 7.99. The summed E-state index contributed by atoms with van der Waals surface area (Å²) >= 11 is 1.62. The van der Waals surface area contributed by atoms with Crippen molar-refractivity contribution in [3.63, 3.8) is 0 Å². The van der Waals surface area contributed by atoms with Crippen molar-refractivity contribution in [3.8, 4) is 11.5 Å². The molecule has 0 aliphatic carbocycles. The summed E-state index contributed by atoms with van der Waals surface area (Å²) in [6.07, 6.45) is -0.0816. The van der Waals surface area contributed by atoms with Gasteiger partial charge in [-0.05, 0) is 25.1 Å². The Morgan fingerprint density at radius 3 is 3.12 bits per heavy atom. The summed E-state index contributed by atoms with van der Waals surface area (Å²) in [7, 11) is 1.60. The second kappa shape index (κ2) is 4.95. The highest BCUT2D eigenvalue weighted by Crippen LogP contribution is 2.42. The molecule has 1 aliphatic rings. The number of fused-ring (bicyclic) bond motifs is 1. The van der Waals surface area contributed by atoms with Crippen molar-refractivity contribution in [2.75, 3.05) is 19.6 Å². The molecule has 1 heterocycles. The maximum Gasteiger partial charge on any atom is 0.138 e. The Balaban J connectivity index is 2.35. The van der Waals surface area contributed by atoms with E-state index in [1.165, 1.54) is 0 Å². The minimum atomic E-state index is -0.598. The monoisotopic (exact) mass is 241 g/mol. The number of rotatable bonds is 4. The first-order valence-electron chi connectivity index (χ1n) is 5.12. The van der Waals surface area contributed by atoms with E-state index in [1.807, 2.05) is 12.1 Å². The summed E-state index contributed by atoms with van der Waals surface area (Å²) in [6, 6.07) is 3.75. The fourth-order valence-corrected chi connectivity index (χ4v) is 2.45. The zero-order valence-electron chi connectivity index (χ0n) is 9.10. The maximum absolute atomic E-state index is 9.94.